The lowest BCUT2D eigenvalue weighted by atomic mass is 10.1. The summed E-state index contributed by atoms with van der Waals surface area (Å²) in [6.07, 6.45) is 0.724. The van der Waals surface area contributed by atoms with Crippen molar-refractivity contribution in [1.29, 1.82) is 0 Å². The largest absolute Gasteiger partial charge is 0.378 e. The first-order valence-electron chi connectivity index (χ1n) is 7.98. The third-order valence-corrected chi connectivity index (χ3v) is 4.04. The minimum atomic E-state index is -0.403. The highest BCUT2D eigenvalue weighted by Gasteiger charge is 2.16. The van der Waals surface area contributed by atoms with Crippen molar-refractivity contribution in [2.45, 2.75) is 13.3 Å². The number of aryl methyl sites for hydroxylation is 1. The van der Waals surface area contributed by atoms with Gasteiger partial charge in [-0.05, 0) is 42.8 Å². The van der Waals surface area contributed by atoms with Crippen LogP contribution in [0.25, 0.3) is 16.9 Å². The molecule has 1 aromatic heterocycles. The number of aromatic nitrogens is 3. The molecule has 2 aromatic carbocycles. The van der Waals surface area contributed by atoms with Crippen molar-refractivity contribution >= 4 is 11.4 Å². The second-order valence-corrected chi connectivity index (χ2v) is 5.86. The predicted octanol–water partition coefficient (Wildman–Crippen LogP) is 3.47. The second-order valence-electron chi connectivity index (χ2n) is 5.86. The molecule has 0 aliphatic heterocycles. The summed E-state index contributed by atoms with van der Waals surface area (Å²) < 4.78 is 1.78. The summed E-state index contributed by atoms with van der Waals surface area (Å²) in [5, 5.41) is 19.4. The molecule has 0 aliphatic carbocycles. The number of nitro groups is 1. The Kier molecular flexibility index (Phi) is 4.47. The SMILES string of the molecule is CCc1nnn(-c2ccc(N(C)C)cc2)c1-c1ccc([N+](=O)[O-])cc1. The Balaban J connectivity index is 2.07. The molecule has 25 heavy (non-hydrogen) atoms. The van der Waals surface area contributed by atoms with Gasteiger partial charge in [-0.1, -0.05) is 12.1 Å². The minimum absolute atomic E-state index is 0.0659. The Labute approximate surface area is 145 Å². The van der Waals surface area contributed by atoms with E-state index in [9.17, 15) is 10.1 Å². The lowest BCUT2D eigenvalue weighted by Crippen LogP contribution is -2.08. The zero-order valence-corrected chi connectivity index (χ0v) is 14.4. The van der Waals surface area contributed by atoms with Crippen LogP contribution in [0, 0.1) is 10.1 Å². The fourth-order valence-electron chi connectivity index (χ4n) is 2.65. The second kappa shape index (κ2) is 6.72. The summed E-state index contributed by atoms with van der Waals surface area (Å²) >= 11 is 0. The van der Waals surface area contributed by atoms with E-state index in [0.717, 1.165) is 34.7 Å². The maximum absolute atomic E-state index is 10.9. The van der Waals surface area contributed by atoms with Gasteiger partial charge in [0.05, 0.1) is 22.0 Å². The number of rotatable bonds is 5. The molecule has 0 saturated heterocycles. The van der Waals surface area contributed by atoms with Crippen LogP contribution in [-0.4, -0.2) is 34.0 Å². The van der Waals surface area contributed by atoms with E-state index in [2.05, 4.69) is 10.3 Å². The molecular formula is C18H19N5O2. The van der Waals surface area contributed by atoms with Crippen LogP contribution >= 0.6 is 0 Å². The van der Waals surface area contributed by atoms with Crippen molar-refractivity contribution < 1.29 is 4.92 Å². The summed E-state index contributed by atoms with van der Waals surface area (Å²) in [4.78, 5) is 12.5. The van der Waals surface area contributed by atoms with Crippen LogP contribution < -0.4 is 4.90 Å². The van der Waals surface area contributed by atoms with Gasteiger partial charge in [0.1, 0.15) is 0 Å². The van der Waals surface area contributed by atoms with Crippen molar-refractivity contribution in [2.24, 2.45) is 0 Å². The quantitative estimate of drug-likeness (QED) is 0.526. The molecular weight excluding hydrogens is 318 g/mol. The van der Waals surface area contributed by atoms with Crippen molar-refractivity contribution in [3.05, 3.63) is 64.3 Å². The zero-order chi connectivity index (χ0) is 18.0. The van der Waals surface area contributed by atoms with Gasteiger partial charge in [0, 0.05) is 37.5 Å². The molecule has 3 rings (SSSR count). The van der Waals surface area contributed by atoms with Crippen molar-refractivity contribution in [3.63, 3.8) is 0 Å². The molecule has 0 radical (unpaired) electrons. The van der Waals surface area contributed by atoms with Crippen LogP contribution in [0.3, 0.4) is 0 Å². The van der Waals surface area contributed by atoms with E-state index in [4.69, 9.17) is 0 Å². The molecule has 0 spiro atoms. The van der Waals surface area contributed by atoms with Crippen molar-refractivity contribution in [1.82, 2.24) is 15.0 Å². The number of hydrogen-bond acceptors (Lipinski definition) is 5. The Morgan fingerprint density at radius 2 is 1.72 bits per heavy atom. The smallest absolute Gasteiger partial charge is 0.269 e. The average Bonchev–Trinajstić information content (AvgIpc) is 3.05. The van der Waals surface area contributed by atoms with Gasteiger partial charge in [-0.25, -0.2) is 4.68 Å². The Bertz CT molecular complexity index is 883. The maximum Gasteiger partial charge on any atom is 0.269 e. The molecule has 128 valence electrons. The normalized spacial score (nSPS) is 10.7. The van der Waals surface area contributed by atoms with Crippen LogP contribution in [-0.2, 0) is 6.42 Å². The van der Waals surface area contributed by atoms with E-state index in [-0.39, 0.29) is 5.69 Å². The van der Waals surface area contributed by atoms with E-state index >= 15 is 0 Å². The molecule has 7 nitrogen and oxygen atoms in total. The van der Waals surface area contributed by atoms with Gasteiger partial charge >= 0.3 is 0 Å². The molecule has 0 N–H and O–H groups in total. The van der Waals surface area contributed by atoms with Crippen LogP contribution in [0.1, 0.15) is 12.6 Å². The third-order valence-electron chi connectivity index (χ3n) is 4.04. The Morgan fingerprint density at radius 1 is 1.08 bits per heavy atom. The van der Waals surface area contributed by atoms with Gasteiger partial charge in [-0.2, -0.15) is 0 Å². The van der Waals surface area contributed by atoms with Crippen molar-refractivity contribution in [3.8, 4) is 16.9 Å². The zero-order valence-electron chi connectivity index (χ0n) is 14.4. The molecule has 0 amide bonds. The summed E-state index contributed by atoms with van der Waals surface area (Å²) in [5.41, 5.74) is 4.61. The molecule has 3 aromatic rings. The maximum atomic E-state index is 10.9. The summed E-state index contributed by atoms with van der Waals surface area (Å²) in [7, 11) is 3.98. The highest BCUT2D eigenvalue weighted by molar-refractivity contribution is 5.66. The van der Waals surface area contributed by atoms with Crippen LogP contribution in [0.2, 0.25) is 0 Å². The summed E-state index contributed by atoms with van der Waals surface area (Å²) in [6.45, 7) is 2.01. The molecule has 7 heteroatoms. The van der Waals surface area contributed by atoms with E-state index < -0.39 is 4.92 Å². The van der Waals surface area contributed by atoms with Gasteiger partial charge < -0.3 is 4.90 Å². The molecule has 0 saturated carbocycles. The molecule has 0 bridgehead atoms. The number of benzene rings is 2. The average molecular weight is 337 g/mol. The molecule has 0 atom stereocenters. The number of non-ortho nitro benzene ring substituents is 1. The monoisotopic (exact) mass is 337 g/mol. The van der Waals surface area contributed by atoms with Crippen LogP contribution in [0.5, 0.6) is 0 Å². The number of nitrogens with zero attached hydrogens (tertiary/aromatic N) is 5. The highest BCUT2D eigenvalue weighted by atomic mass is 16.6. The van der Waals surface area contributed by atoms with Gasteiger partial charge in [-0.3, -0.25) is 10.1 Å². The fraction of sp³-hybridized carbons (Fsp3) is 0.222. The van der Waals surface area contributed by atoms with Gasteiger partial charge in [0.2, 0.25) is 0 Å². The topological polar surface area (TPSA) is 77.1 Å². The summed E-state index contributed by atoms with van der Waals surface area (Å²) in [6, 6.07) is 14.5. The van der Waals surface area contributed by atoms with Gasteiger partial charge in [-0.15, -0.1) is 5.10 Å². The van der Waals surface area contributed by atoms with Gasteiger partial charge in [0.15, 0.2) is 0 Å². The standard InChI is InChI=1S/C18H19N5O2/c1-4-17-18(13-5-7-16(8-6-13)23(24)25)22(20-19-17)15-11-9-14(10-12-15)21(2)3/h5-12H,4H2,1-3H3. The molecule has 0 aliphatic rings. The van der Waals surface area contributed by atoms with E-state index in [1.165, 1.54) is 12.1 Å². The molecule has 0 unspecified atom stereocenters. The summed E-state index contributed by atoms with van der Waals surface area (Å²) in [5.74, 6) is 0. The Morgan fingerprint density at radius 3 is 2.24 bits per heavy atom. The molecule has 1 heterocycles. The van der Waals surface area contributed by atoms with Gasteiger partial charge in [0.25, 0.3) is 5.69 Å². The Hall–Kier alpha value is -3.22. The first kappa shape index (κ1) is 16.6. The lowest BCUT2D eigenvalue weighted by Gasteiger charge is -2.13. The first-order valence-corrected chi connectivity index (χ1v) is 7.98. The van der Waals surface area contributed by atoms with E-state index in [1.54, 1.807) is 16.8 Å². The fourth-order valence-corrected chi connectivity index (χ4v) is 2.65. The van der Waals surface area contributed by atoms with E-state index in [0.29, 0.717) is 0 Å². The third kappa shape index (κ3) is 3.21. The number of anilines is 1. The van der Waals surface area contributed by atoms with Crippen LogP contribution in [0.4, 0.5) is 11.4 Å². The van der Waals surface area contributed by atoms with E-state index in [1.807, 2.05) is 50.2 Å². The van der Waals surface area contributed by atoms with Crippen molar-refractivity contribution in [2.75, 3.05) is 19.0 Å². The number of nitro benzene ring substituents is 1. The minimum Gasteiger partial charge on any atom is -0.378 e. The van der Waals surface area contributed by atoms with Crippen LogP contribution in [0.15, 0.2) is 48.5 Å². The number of hydrogen-bond donors (Lipinski definition) is 0. The first-order chi connectivity index (χ1) is 12.0. The highest BCUT2D eigenvalue weighted by Crippen LogP contribution is 2.28. The lowest BCUT2D eigenvalue weighted by molar-refractivity contribution is -0.384. The predicted molar refractivity (Wildman–Crippen MR) is 97.2 cm³/mol. The molecule has 0 fully saturated rings.